The quantitative estimate of drug-likeness (QED) is 0.783. The molecule has 100 valence electrons. The highest BCUT2D eigenvalue weighted by Crippen LogP contribution is 2.15. The van der Waals surface area contributed by atoms with Gasteiger partial charge in [-0.1, -0.05) is 0 Å². The molecule has 3 nitrogen and oxygen atoms in total. The van der Waals surface area contributed by atoms with Crippen molar-refractivity contribution in [2.45, 2.75) is 64.1 Å². The van der Waals surface area contributed by atoms with Gasteiger partial charge in [-0.05, 0) is 72.1 Å². The molecule has 2 fully saturated rings. The van der Waals surface area contributed by atoms with Crippen molar-refractivity contribution >= 4 is 0 Å². The molecule has 1 atom stereocenters. The van der Waals surface area contributed by atoms with Gasteiger partial charge in [0.15, 0.2) is 0 Å². The van der Waals surface area contributed by atoms with Crippen molar-refractivity contribution in [3.8, 4) is 0 Å². The monoisotopic (exact) mass is 239 g/mol. The first kappa shape index (κ1) is 13.3. The lowest BCUT2D eigenvalue weighted by molar-refractivity contribution is 0.155. The first-order valence-electron chi connectivity index (χ1n) is 7.46. The van der Waals surface area contributed by atoms with Crippen LogP contribution in [-0.2, 0) is 0 Å². The Morgan fingerprint density at radius 1 is 1.00 bits per heavy atom. The number of hydrogen-bond acceptors (Lipinski definition) is 3. The molecule has 2 saturated heterocycles. The largest absolute Gasteiger partial charge is 0.317 e. The molecule has 0 aromatic heterocycles. The van der Waals surface area contributed by atoms with E-state index in [1.807, 2.05) is 0 Å². The molecule has 17 heavy (non-hydrogen) atoms. The Hall–Kier alpha value is -0.120. The third kappa shape index (κ3) is 4.23. The van der Waals surface area contributed by atoms with Crippen LogP contribution in [0.1, 0.15) is 46.0 Å². The molecule has 1 unspecified atom stereocenters. The van der Waals surface area contributed by atoms with E-state index in [9.17, 15) is 0 Å². The summed E-state index contributed by atoms with van der Waals surface area (Å²) < 4.78 is 0. The topological polar surface area (TPSA) is 27.3 Å². The van der Waals surface area contributed by atoms with Gasteiger partial charge in [-0.2, -0.15) is 0 Å². The van der Waals surface area contributed by atoms with Crippen LogP contribution in [0.5, 0.6) is 0 Å². The van der Waals surface area contributed by atoms with Crippen LogP contribution in [0.2, 0.25) is 0 Å². The summed E-state index contributed by atoms with van der Waals surface area (Å²) in [5.74, 6) is 0. The van der Waals surface area contributed by atoms with Gasteiger partial charge < -0.3 is 15.5 Å². The van der Waals surface area contributed by atoms with E-state index in [1.165, 1.54) is 58.3 Å². The Bertz CT molecular complexity index is 202. The zero-order valence-corrected chi connectivity index (χ0v) is 11.5. The summed E-state index contributed by atoms with van der Waals surface area (Å²) in [6.07, 6.45) is 6.68. The van der Waals surface area contributed by atoms with Gasteiger partial charge >= 0.3 is 0 Å². The van der Waals surface area contributed by atoms with Crippen LogP contribution in [0.15, 0.2) is 0 Å². The minimum atomic E-state index is 0.720. The lowest BCUT2D eigenvalue weighted by atomic mass is 10.0. The van der Waals surface area contributed by atoms with E-state index in [2.05, 4.69) is 29.4 Å². The highest BCUT2D eigenvalue weighted by molar-refractivity contribution is 4.83. The van der Waals surface area contributed by atoms with Crippen molar-refractivity contribution in [1.82, 2.24) is 15.5 Å². The number of rotatable bonds is 3. The van der Waals surface area contributed by atoms with Crippen molar-refractivity contribution in [3.05, 3.63) is 0 Å². The van der Waals surface area contributed by atoms with E-state index in [0.29, 0.717) is 0 Å². The van der Waals surface area contributed by atoms with Crippen molar-refractivity contribution in [2.75, 3.05) is 26.2 Å². The molecule has 2 aliphatic rings. The van der Waals surface area contributed by atoms with Gasteiger partial charge in [0.2, 0.25) is 0 Å². The van der Waals surface area contributed by atoms with E-state index in [1.54, 1.807) is 0 Å². The standard InChI is InChI=1S/C14H29N3/c1-12(2)17-10-6-14(7-11-17)16-13-4-3-8-15-9-5-13/h12-16H,3-11H2,1-2H3. The van der Waals surface area contributed by atoms with E-state index in [-0.39, 0.29) is 0 Å². The van der Waals surface area contributed by atoms with Gasteiger partial charge in [0.1, 0.15) is 0 Å². The summed E-state index contributed by atoms with van der Waals surface area (Å²) in [7, 11) is 0. The molecule has 0 amide bonds. The second-order valence-electron chi connectivity index (χ2n) is 5.95. The summed E-state index contributed by atoms with van der Waals surface area (Å²) >= 11 is 0. The highest BCUT2D eigenvalue weighted by Gasteiger charge is 2.23. The third-order valence-electron chi connectivity index (χ3n) is 4.31. The molecule has 2 heterocycles. The van der Waals surface area contributed by atoms with Gasteiger partial charge in [-0.3, -0.25) is 0 Å². The molecule has 2 rings (SSSR count). The number of hydrogen-bond donors (Lipinski definition) is 2. The molecular weight excluding hydrogens is 210 g/mol. The molecular formula is C14H29N3. The summed E-state index contributed by atoms with van der Waals surface area (Å²) in [5, 5.41) is 7.38. The average Bonchev–Trinajstić information content (AvgIpc) is 2.58. The summed E-state index contributed by atoms with van der Waals surface area (Å²) in [5.41, 5.74) is 0. The van der Waals surface area contributed by atoms with Gasteiger partial charge in [0, 0.05) is 18.1 Å². The molecule has 0 aromatic rings. The first-order chi connectivity index (χ1) is 8.25. The van der Waals surface area contributed by atoms with Crippen molar-refractivity contribution in [2.24, 2.45) is 0 Å². The van der Waals surface area contributed by atoms with Gasteiger partial charge in [-0.15, -0.1) is 0 Å². The minimum absolute atomic E-state index is 0.720. The van der Waals surface area contributed by atoms with Crippen molar-refractivity contribution in [1.29, 1.82) is 0 Å². The smallest absolute Gasteiger partial charge is 0.00940 e. The number of piperidine rings is 1. The molecule has 0 radical (unpaired) electrons. The van der Waals surface area contributed by atoms with Crippen molar-refractivity contribution < 1.29 is 0 Å². The number of nitrogens with one attached hydrogen (secondary N) is 2. The molecule has 0 aliphatic carbocycles. The molecule has 0 bridgehead atoms. The Morgan fingerprint density at radius 2 is 1.71 bits per heavy atom. The second kappa shape index (κ2) is 6.72. The van der Waals surface area contributed by atoms with Crippen LogP contribution in [-0.4, -0.2) is 49.2 Å². The molecule has 2 aliphatic heterocycles. The lowest BCUT2D eigenvalue weighted by Crippen LogP contribution is -2.48. The number of nitrogens with zero attached hydrogens (tertiary/aromatic N) is 1. The zero-order chi connectivity index (χ0) is 12.1. The highest BCUT2D eigenvalue weighted by atomic mass is 15.2. The Balaban J connectivity index is 1.69. The summed E-state index contributed by atoms with van der Waals surface area (Å²) in [4.78, 5) is 2.60. The van der Waals surface area contributed by atoms with Crippen LogP contribution in [0.3, 0.4) is 0 Å². The third-order valence-corrected chi connectivity index (χ3v) is 4.31. The Labute approximate surface area is 106 Å². The molecule has 3 heteroatoms. The summed E-state index contributed by atoms with van der Waals surface area (Å²) in [6.45, 7) is 9.59. The van der Waals surface area contributed by atoms with E-state index >= 15 is 0 Å². The molecule has 0 aromatic carbocycles. The first-order valence-corrected chi connectivity index (χ1v) is 7.46. The van der Waals surface area contributed by atoms with Gasteiger partial charge in [-0.25, -0.2) is 0 Å². The van der Waals surface area contributed by atoms with Gasteiger partial charge in [0.25, 0.3) is 0 Å². The zero-order valence-electron chi connectivity index (χ0n) is 11.5. The Kier molecular flexibility index (Phi) is 5.26. The molecule has 0 saturated carbocycles. The minimum Gasteiger partial charge on any atom is -0.317 e. The maximum Gasteiger partial charge on any atom is 0.00940 e. The predicted molar refractivity (Wildman–Crippen MR) is 73.4 cm³/mol. The average molecular weight is 239 g/mol. The van der Waals surface area contributed by atoms with Gasteiger partial charge in [0.05, 0.1) is 0 Å². The van der Waals surface area contributed by atoms with Crippen LogP contribution < -0.4 is 10.6 Å². The van der Waals surface area contributed by atoms with E-state index in [0.717, 1.165) is 18.1 Å². The maximum atomic E-state index is 3.89. The fourth-order valence-corrected chi connectivity index (χ4v) is 3.10. The SMILES string of the molecule is CC(C)N1CCC(NC2CCCNCC2)CC1. The molecule has 0 spiro atoms. The molecule has 2 N–H and O–H groups in total. The lowest BCUT2D eigenvalue weighted by Gasteiger charge is -2.36. The van der Waals surface area contributed by atoms with E-state index in [4.69, 9.17) is 0 Å². The van der Waals surface area contributed by atoms with Crippen LogP contribution >= 0.6 is 0 Å². The second-order valence-corrected chi connectivity index (χ2v) is 5.95. The van der Waals surface area contributed by atoms with Crippen molar-refractivity contribution in [3.63, 3.8) is 0 Å². The Morgan fingerprint density at radius 3 is 2.41 bits per heavy atom. The fourth-order valence-electron chi connectivity index (χ4n) is 3.10. The maximum absolute atomic E-state index is 3.89. The van der Waals surface area contributed by atoms with Crippen LogP contribution in [0.25, 0.3) is 0 Å². The summed E-state index contributed by atoms with van der Waals surface area (Å²) in [6, 6.07) is 2.26. The number of likely N-dealkylation sites (tertiary alicyclic amines) is 1. The predicted octanol–water partition coefficient (Wildman–Crippen LogP) is 1.59. The van der Waals surface area contributed by atoms with E-state index < -0.39 is 0 Å². The van der Waals surface area contributed by atoms with Crippen LogP contribution in [0, 0.1) is 0 Å². The van der Waals surface area contributed by atoms with Crippen LogP contribution in [0.4, 0.5) is 0 Å². The normalized spacial score (nSPS) is 29.5. The fraction of sp³-hybridized carbons (Fsp3) is 1.00.